The number of hydrogen-bond acceptors (Lipinski definition) is 5. The molecule has 1 aromatic rings. The molecule has 1 heterocycles. The van der Waals surface area contributed by atoms with Crippen LogP contribution in [-0.2, 0) is 9.16 Å². The van der Waals surface area contributed by atoms with Crippen LogP contribution in [0.1, 0.15) is 59.6 Å². The van der Waals surface area contributed by atoms with Crippen LogP contribution in [-0.4, -0.2) is 42.8 Å². The van der Waals surface area contributed by atoms with E-state index in [0.29, 0.717) is 5.56 Å². The van der Waals surface area contributed by atoms with Crippen LogP contribution < -0.4 is 5.32 Å². The highest BCUT2D eigenvalue weighted by atomic mass is 35.5. The van der Waals surface area contributed by atoms with Crippen LogP contribution in [0.15, 0.2) is 12.4 Å². The second-order valence-corrected chi connectivity index (χ2v) is 15.2. The molecule has 1 rings (SSSR count). The molecule has 0 aromatic carbocycles. The molecule has 0 saturated carbocycles. The third-order valence-electron chi connectivity index (χ3n) is 4.85. The van der Waals surface area contributed by atoms with Crippen LogP contribution >= 0.6 is 23.2 Å². The number of aliphatic hydroxyl groups excluding tert-OH is 1. The number of pyridine rings is 1. The monoisotopic (exact) mass is 464 g/mol. The number of amides is 1. The van der Waals surface area contributed by atoms with Crippen LogP contribution in [0.4, 0.5) is 4.79 Å². The van der Waals surface area contributed by atoms with Crippen LogP contribution in [0, 0.1) is 0 Å². The maximum absolute atomic E-state index is 12.1. The van der Waals surface area contributed by atoms with Crippen LogP contribution in [0.25, 0.3) is 0 Å². The van der Waals surface area contributed by atoms with Gasteiger partial charge in [0.05, 0.1) is 22.3 Å². The van der Waals surface area contributed by atoms with Gasteiger partial charge in [-0.25, -0.2) is 4.79 Å². The number of nitrogens with zero attached hydrogens (tertiary/aromatic N) is 1. The van der Waals surface area contributed by atoms with Gasteiger partial charge in [-0.15, -0.1) is 0 Å². The average molecular weight is 465 g/mol. The number of carbonyl (C=O) groups excluding carboxylic acids is 1. The molecule has 0 unspecified atom stereocenters. The van der Waals surface area contributed by atoms with Crippen molar-refractivity contribution >= 4 is 37.6 Å². The lowest BCUT2D eigenvalue weighted by Gasteiger charge is -2.40. The predicted octanol–water partition coefficient (Wildman–Crippen LogP) is 5.73. The maximum Gasteiger partial charge on any atom is 0.407 e. The summed E-state index contributed by atoms with van der Waals surface area (Å²) >= 11 is 12.2. The minimum atomic E-state index is -2.16. The molecule has 6 nitrogen and oxygen atoms in total. The lowest BCUT2D eigenvalue weighted by Crippen LogP contribution is -2.47. The highest BCUT2D eigenvalue weighted by molar-refractivity contribution is 6.74. The number of ether oxygens (including phenoxy) is 1. The van der Waals surface area contributed by atoms with E-state index < -0.39 is 32.2 Å². The summed E-state index contributed by atoms with van der Waals surface area (Å²) in [5, 5.41) is 14.0. The van der Waals surface area contributed by atoms with Crippen LogP contribution in [0.5, 0.6) is 0 Å². The first kappa shape index (κ1) is 26.2. The Kier molecular flexibility index (Phi) is 8.99. The zero-order valence-corrected chi connectivity index (χ0v) is 21.1. The molecule has 0 aliphatic heterocycles. The molecular formula is C20H34Cl2N2O4Si. The number of alkyl carbamates (subject to hydrolysis) is 1. The first-order valence-electron chi connectivity index (χ1n) is 9.65. The third-order valence-corrected chi connectivity index (χ3v) is 10.2. The molecule has 0 saturated heterocycles. The predicted molar refractivity (Wildman–Crippen MR) is 120 cm³/mol. The fourth-order valence-corrected chi connectivity index (χ4v) is 4.08. The standard InChI is InChI=1S/C20H34Cl2N2O4Si/c1-19(2,3)27-18(26)24-10-13(28-29(7,8)20(4,5)6)9-16(25)14-11-23-12-15(21)17(14)22/h11-13,16,25H,9-10H2,1-8H3,(H,24,26)/t13-,16-/m1/s1. The molecule has 1 amide bonds. The Morgan fingerprint density at radius 3 is 2.31 bits per heavy atom. The summed E-state index contributed by atoms with van der Waals surface area (Å²) in [4.78, 5) is 16.1. The van der Waals surface area contributed by atoms with Crippen molar-refractivity contribution in [2.24, 2.45) is 0 Å². The Bertz CT molecular complexity index is 703. The summed E-state index contributed by atoms with van der Waals surface area (Å²) in [6.45, 7) is 16.2. The van der Waals surface area contributed by atoms with Crippen molar-refractivity contribution < 1.29 is 19.1 Å². The van der Waals surface area contributed by atoms with E-state index in [0.717, 1.165) is 0 Å². The Morgan fingerprint density at radius 2 is 1.79 bits per heavy atom. The van der Waals surface area contributed by atoms with E-state index in [4.69, 9.17) is 32.4 Å². The molecule has 166 valence electrons. The van der Waals surface area contributed by atoms with Crippen molar-refractivity contribution in [3.8, 4) is 0 Å². The van der Waals surface area contributed by atoms with Crippen LogP contribution in [0.2, 0.25) is 28.2 Å². The summed E-state index contributed by atoms with van der Waals surface area (Å²) in [5.41, 5.74) is -0.167. The molecule has 2 atom stereocenters. The van der Waals surface area contributed by atoms with Gasteiger partial charge in [-0.05, 0) is 38.9 Å². The van der Waals surface area contributed by atoms with Gasteiger partial charge in [0.25, 0.3) is 0 Å². The van der Waals surface area contributed by atoms with Crippen LogP contribution in [0.3, 0.4) is 0 Å². The number of aliphatic hydroxyl groups is 1. The maximum atomic E-state index is 12.1. The van der Waals surface area contributed by atoms with E-state index in [1.165, 1.54) is 12.4 Å². The summed E-state index contributed by atoms with van der Waals surface area (Å²) in [5.74, 6) is 0. The van der Waals surface area contributed by atoms with E-state index >= 15 is 0 Å². The molecule has 2 N–H and O–H groups in total. The molecule has 0 fully saturated rings. The van der Waals surface area contributed by atoms with E-state index in [2.05, 4.69) is 44.2 Å². The van der Waals surface area contributed by atoms with Gasteiger partial charge in [-0.2, -0.15) is 0 Å². The molecule has 0 aliphatic carbocycles. The highest BCUT2D eigenvalue weighted by Gasteiger charge is 2.39. The summed E-state index contributed by atoms with van der Waals surface area (Å²) in [7, 11) is -2.16. The second-order valence-electron chi connectivity index (χ2n) is 9.66. The molecule has 0 aliphatic rings. The summed E-state index contributed by atoms with van der Waals surface area (Å²) in [6.07, 6.45) is 1.23. The number of rotatable bonds is 7. The van der Waals surface area contributed by atoms with Gasteiger partial charge >= 0.3 is 6.09 Å². The molecule has 9 heteroatoms. The average Bonchev–Trinajstić information content (AvgIpc) is 2.52. The fourth-order valence-electron chi connectivity index (χ4n) is 2.32. The normalized spacial score (nSPS) is 15.0. The Balaban J connectivity index is 2.97. The van der Waals surface area contributed by atoms with Gasteiger partial charge in [0, 0.05) is 30.9 Å². The molecule has 0 radical (unpaired) electrons. The topological polar surface area (TPSA) is 80.7 Å². The Hall–Kier alpha value is -0.863. The van der Waals surface area contributed by atoms with E-state index in [1.54, 1.807) is 20.8 Å². The Labute approximate surface area is 185 Å². The third kappa shape index (κ3) is 8.42. The molecule has 29 heavy (non-hydrogen) atoms. The van der Waals surface area contributed by atoms with Gasteiger partial charge in [0.1, 0.15) is 5.60 Å². The summed E-state index contributed by atoms with van der Waals surface area (Å²) < 4.78 is 11.8. The number of nitrogens with one attached hydrogen (secondary N) is 1. The molecular weight excluding hydrogens is 431 g/mol. The number of aromatic nitrogens is 1. The zero-order chi connectivity index (χ0) is 22.6. The first-order chi connectivity index (χ1) is 13.0. The van der Waals surface area contributed by atoms with E-state index in [1.807, 2.05) is 0 Å². The first-order valence-corrected chi connectivity index (χ1v) is 13.3. The zero-order valence-electron chi connectivity index (χ0n) is 18.6. The SMILES string of the molecule is CC(C)(C)OC(=O)NC[C@@H](C[C@@H](O)c1cncc(Cl)c1Cl)O[Si](C)(C)C(C)(C)C. The van der Waals surface area contributed by atoms with Gasteiger partial charge in [-0.1, -0.05) is 44.0 Å². The minimum absolute atomic E-state index is 0.0304. The van der Waals surface area contributed by atoms with Crippen molar-refractivity contribution in [1.82, 2.24) is 10.3 Å². The largest absolute Gasteiger partial charge is 0.444 e. The number of halogens is 2. The van der Waals surface area contributed by atoms with Crippen molar-refractivity contribution in [2.45, 2.75) is 83.9 Å². The molecule has 0 bridgehead atoms. The number of carbonyl (C=O) groups is 1. The van der Waals surface area contributed by atoms with Gasteiger partial charge < -0.3 is 19.6 Å². The smallest absolute Gasteiger partial charge is 0.407 e. The van der Waals surface area contributed by atoms with Crippen molar-refractivity contribution in [1.29, 1.82) is 0 Å². The lowest BCUT2D eigenvalue weighted by atomic mass is 10.1. The summed E-state index contributed by atoms with van der Waals surface area (Å²) in [6, 6.07) is 0. The number of hydrogen-bond donors (Lipinski definition) is 2. The Morgan fingerprint density at radius 1 is 1.21 bits per heavy atom. The van der Waals surface area contributed by atoms with E-state index in [-0.39, 0.29) is 28.0 Å². The lowest BCUT2D eigenvalue weighted by molar-refractivity contribution is 0.0453. The quantitative estimate of drug-likeness (QED) is 0.503. The van der Waals surface area contributed by atoms with Gasteiger partial charge in [-0.3, -0.25) is 4.98 Å². The second kappa shape index (κ2) is 9.96. The molecule has 0 spiro atoms. The fraction of sp³-hybridized carbons (Fsp3) is 0.700. The van der Waals surface area contributed by atoms with Gasteiger partial charge in [0.15, 0.2) is 8.32 Å². The van der Waals surface area contributed by atoms with E-state index in [9.17, 15) is 9.90 Å². The minimum Gasteiger partial charge on any atom is -0.444 e. The molecule has 1 aromatic heterocycles. The van der Waals surface area contributed by atoms with Crippen molar-refractivity contribution in [2.75, 3.05) is 6.54 Å². The highest BCUT2D eigenvalue weighted by Crippen LogP contribution is 2.38. The van der Waals surface area contributed by atoms with Gasteiger partial charge in [0.2, 0.25) is 0 Å². The van der Waals surface area contributed by atoms with Crippen molar-refractivity contribution in [3.05, 3.63) is 28.0 Å². The van der Waals surface area contributed by atoms with Crippen molar-refractivity contribution in [3.63, 3.8) is 0 Å².